The van der Waals surface area contributed by atoms with Gasteiger partial charge in [-0.1, -0.05) is 24.2 Å². The topological polar surface area (TPSA) is 130 Å². The average molecular weight is 470 g/mol. The summed E-state index contributed by atoms with van der Waals surface area (Å²) in [6.07, 6.45) is 8.32. The molecule has 30 heavy (non-hydrogen) atoms. The van der Waals surface area contributed by atoms with Gasteiger partial charge in [-0.3, -0.25) is 15.1 Å². The molecule has 0 spiro atoms. The molecule has 2 amide bonds. The van der Waals surface area contributed by atoms with Gasteiger partial charge in [0.05, 0.1) is 22.7 Å². The molecule has 9 nitrogen and oxygen atoms in total. The molecule has 2 aromatic rings. The number of urea groups is 1. The second kappa shape index (κ2) is 9.86. The highest BCUT2D eigenvalue weighted by molar-refractivity contribution is 8.00. The van der Waals surface area contributed by atoms with Crippen LogP contribution in [-0.2, 0) is 16.6 Å². The first-order valence-corrected chi connectivity index (χ1v) is 13.2. The maximum absolute atomic E-state index is 12.5. The van der Waals surface area contributed by atoms with Crippen molar-refractivity contribution >= 4 is 55.8 Å². The zero-order valence-electron chi connectivity index (χ0n) is 16.6. The van der Waals surface area contributed by atoms with Crippen molar-refractivity contribution in [1.82, 2.24) is 14.7 Å². The van der Waals surface area contributed by atoms with Crippen LogP contribution in [0.25, 0.3) is 0 Å². The summed E-state index contributed by atoms with van der Waals surface area (Å²) in [6, 6.07) is 2.68. The molecule has 12 heteroatoms. The summed E-state index contributed by atoms with van der Waals surface area (Å²) in [4.78, 5) is 33.3. The zero-order valence-corrected chi connectivity index (χ0v) is 19.0. The van der Waals surface area contributed by atoms with E-state index in [1.54, 1.807) is 12.1 Å². The molecule has 0 unspecified atom stereocenters. The van der Waals surface area contributed by atoms with Crippen LogP contribution in [0.2, 0.25) is 0 Å². The van der Waals surface area contributed by atoms with E-state index < -0.39 is 16.1 Å². The number of anilines is 2. The Balaban J connectivity index is 1.63. The number of amides is 2. The molecule has 0 atom stereocenters. The Morgan fingerprint density at radius 3 is 2.67 bits per heavy atom. The second-order valence-electron chi connectivity index (χ2n) is 6.91. The maximum Gasteiger partial charge on any atom is 0.325 e. The van der Waals surface area contributed by atoms with Gasteiger partial charge in [0.2, 0.25) is 10.0 Å². The molecular formula is C18H23N5O4S3. The Hall–Kier alpha value is -2.02. The zero-order chi connectivity index (χ0) is 21.7. The molecular weight excluding hydrogens is 446 g/mol. The van der Waals surface area contributed by atoms with Crippen LogP contribution in [-0.4, -0.2) is 42.7 Å². The van der Waals surface area contributed by atoms with Crippen LogP contribution in [0.15, 0.2) is 22.5 Å². The van der Waals surface area contributed by atoms with E-state index in [2.05, 4.69) is 25.3 Å². The fraction of sp³-hybridized carbons (Fsp3) is 0.444. The minimum Gasteiger partial charge on any atom is -0.308 e. The lowest BCUT2D eigenvalue weighted by Crippen LogP contribution is -2.22. The molecule has 1 saturated carbocycles. The number of nitrogens with zero attached hydrogens (tertiary/aromatic N) is 2. The van der Waals surface area contributed by atoms with E-state index in [1.807, 2.05) is 6.26 Å². The van der Waals surface area contributed by atoms with Crippen molar-refractivity contribution in [2.24, 2.45) is 5.92 Å². The Morgan fingerprint density at radius 2 is 2.00 bits per heavy atom. The molecule has 0 saturated heterocycles. The lowest BCUT2D eigenvalue weighted by atomic mass is 9.99. The van der Waals surface area contributed by atoms with E-state index in [4.69, 9.17) is 0 Å². The van der Waals surface area contributed by atoms with Crippen LogP contribution in [0.4, 0.5) is 15.6 Å². The summed E-state index contributed by atoms with van der Waals surface area (Å²) >= 11 is 2.67. The number of hydrogen-bond acceptors (Lipinski definition) is 8. The van der Waals surface area contributed by atoms with Crippen molar-refractivity contribution in [3.8, 4) is 0 Å². The van der Waals surface area contributed by atoms with Gasteiger partial charge in [0.15, 0.2) is 10.9 Å². The largest absolute Gasteiger partial charge is 0.325 e. The van der Waals surface area contributed by atoms with Gasteiger partial charge in [-0.2, -0.15) is 0 Å². The molecule has 2 heterocycles. The molecule has 1 aliphatic rings. The number of nitrogens with one attached hydrogen (secondary N) is 3. The molecule has 1 aliphatic carbocycles. The number of ketones is 1. The third-order valence-corrected chi connectivity index (χ3v) is 7.40. The number of rotatable bonds is 8. The first kappa shape index (κ1) is 22.7. The lowest BCUT2D eigenvalue weighted by Gasteiger charge is -2.09. The van der Waals surface area contributed by atoms with E-state index >= 15 is 0 Å². The summed E-state index contributed by atoms with van der Waals surface area (Å²) in [5.41, 5.74) is 1.36. The van der Waals surface area contributed by atoms with Crippen molar-refractivity contribution in [1.29, 1.82) is 0 Å². The lowest BCUT2D eigenvalue weighted by molar-refractivity contribution is 0.0917. The molecule has 0 bridgehead atoms. The molecule has 3 rings (SSSR count). The third-order valence-electron chi connectivity index (χ3n) is 4.57. The number of Topliss-reactive ketones (excluding diaryl/α,β-unsaturated/α-hetero) is 1. The van der Waals surface area contributed by atoms with Crippen LogP contribution in [0.5, 0.6) is 0 Å². The summed E-state index contributed by atoms with van der Waals surface area (Å²) in [6.45, 7) is 0.0474. The maximum atomic E-state index is 12.5. The number of sulfonamides is 1. The van der Waals surface area contributed by atoms with E-state index in [0.717, 1.165) is 36.1 Å². The van der Waals surface area contributed by atoms with E-state index in [0.29, 0.717) is 22.2 Å². The number of thiazole rings is 1. The highest BCUT2D eigenvalue weighted by Gasteiger charge is 2.25. The number of hydrogen-bond donors (Lipinski definition) is 3. The SMILES string of the molecule is CSc1sc(NC(=O)Nc2ccnc(C(=O)C3CCCC3)c2)nc1CNS(C)(=O)=O. The van der Waals surface area contributed by atoms with Gasteiger partial charge in [0, 0.05) is 17.8 Å². The molecule has 2 aromatic heterocycles. The van der Waals surface area contributed by atoms with Crippen molar-refractivity contribution in [3.05, 3.63) is 29.7 Å². The van der Waals surface area contributed by atoms with Gasteiger partial charge in [0.1, 0.15) is 5.69 Å². The molecule has 162 valence electrons. The Morgan fingerprint density at radius 1 is 1.27 bits per heavy atom. The minimum atomic E-state index is -3.35. The highest BCUT2D eigenvalue weighted by atomic mass is 32.2. The van der Waals surface area contributed by atoms with E-state index in [9.17, 15) is 18.0 Å². The van der Waals surface area contributed by atoms with Gasteiger partial charge >= 0.3 is 6.03 Å². The Labute approximate surface area is 183 Å². The monoisotopic (exact) mass is 469 g/mol. The Kier molecular flexibility index (Phi) is 7.45. The van der Waals surface area contributed by atoms with Crippen molar-refractivity contribution in [2.45, 2.75) is 36.4 Å². The van der Waals surface area contributed by atoms with Gasteiger partial charge in [0.25, 0.3) is 0 Å². The quantitative estimate of drug-likeness (QED) is 0.399. The minimum absolute atomic E-state index is 0.0147. The second-order valence-corrected chi connectivity index (χ2v) is 10.8. The number of thioether (sulfide) groups is 1. The number of carbonyl (C=O) groups excluding carboxylic acids is 2. The van der Waals surface area contributed by atoms with Crippen LogP contribution in [0.3, 0.4) is 0 Å². The average Bonchev–Trinajstić information content (AvgIpc) is 3.35. The highest BCUT2D eigenvalue weighted by Crippen LogP contribution is 2.31. The predicted octanol–water partition coefficient (Wildman–Crippen LogP) is 3.33. The first-order chi connectivity index (χ1) is 14.2. The summed E-state index contributed by atoms with van der Waals surface area (Å²) < 4.78 is 25.8. The van der Waals surface area contributed by atoms with Gasteiger partial charge in [-0.15, -0.1) is 11.8 Å². The summed E-state index contributed by atoms with van der Waals surface area (Å²) in [7, 11) is -3.35. The van der Waals surface area contributed by atoms with Gasteiger partial charge in [-0.05, 0) is 31.2 Å². The standard InChI is InChI=1S/C18H23N5O4S3/c1-28-16-14(10-20-30(2,26)27)22-18(29-16)23-17(25)21-12-7-8-19-13(9-12)15(24)11-5-3-4-6-11/h7-9,11,20H,3-6,10H2,1-2H3,(H2,19,21,22,23,25). The van der Waals surface area contributed by atoms with Crippen molar-refractivity contribution < 1.29 is 18.0 Å². The van der Waals surface area contributed by atoms with Crippen LogP contribution in [0.1, 0.15) is 41.9 Å². The molecule has 1 fully saturated rings. The van der Waals surface area contributed by atoms with Crippen LogP contribution < -0.4 is 15.4 Å². The van der Waals surface area contributed by atoms with Crippen molar-refractivity contribution in [2.75, 3.05) is 23.1 Å². The normalized spacial score (nSPS) is 14.6. The predicted molar refractivity (Wildman–Crippen MR) is 119 cm³/mol. The first-order valence-electron chi connectivity index (χ1n) is 9.32. The number of aromatic nitrogens is 2. The Bertz CT molecular complexity index is 1030. The van der Waals surface area contributed by atoms with Gasteiger partial charge in [-0.25, -0.2) is 22.9 Å². The van der Waals surface area contributed by atoms with Crippen molar-refractivity contribution in [3.63, 3.8) is 0 Å². The molecule has 0 radical (unpaired) electrons. The number of pyridine rings is 1. The third kappa shape index (κ3) is 6.24. The van der Waals surface area contributed by atoms with Gasteiger partial charge < -0.3 is 5.32 Å². The smallest absolute Gasteiger partial charge is 0.308 e. The molecule has 3 N–H and O–H groups in total. The van der Waals surface area contributed by atoms with E-state index in [-0.39, 0.29) is 18.2 Å². The molecule has 0 aliphatic heterocycles. The fourth-order valence-electron chi connectivity index (χ4n) is 3.16. The van der Waals surface area contributed by atoms with Crippen LogP contribution >= 0.6 is 23.1 Å². The number of carbonyl (C=O) groups is 2. The van der Waals surface area contributed by atoms with Crippen LogP contribution in [0, 0.1) is 5.92 Å². The molecule has 0 aromatic carbocycles. The van der Waals surface area contributed by atoms with E-state index in [1.165, 1.54) is 29.3 Å². The summed E-state index contributed by atoms with van der Waals surface area (Å²) in [5.74, 6) is 0.0323. The summed E-state index contributed by atoms with van der Waals surface area (Å²) in [5, 5.41) is 5.68. The fourth-order valence-corrected chi connectivity index (χ4v) is 5.19.